The smallest absolute Gasteiger partial charge is 0.322 e. The molecule has 1 aromatic heterocycles. The summed E-state index contributed by atoms with van der Waals surface area (Å²) in [6, 6.07) is 7.14. The lowest BCUT2D eigenvalue weighted by Gasteiger charge is -2.23. The average Bonchev–Trinajstić information content (AvgIpc) is 2.92. The van der Waals surface area contributed by atoms with Gasteiger partial charge in [-0.2, -0.15) is 0 Å². The number of aromatic nitrogens is 1. The standard InChI is InChI=1S/C18H24N4O2S/c1-12-19-15(11-25-12)13-6-8-14(9-7-13)20-17(24)22(5)10-16(23)21-18(2,3)4/h6-9,11H,10H2,1-5H3,(H,20,24)(H,21,23). The van der Waals surface area contributed by atoms with Crippen LogP contribution in [0.25, 0.3) is 11.3 Å². The van der Waals surface area contributed by atoms with Gasteiger partial charge in [-0.3, -0.25) is 4.79 Å². The van der Waals surface area contributed by atoms with E-state index in [1.54, 1.807) is 18.4 Å². The minimum atomic E-state index is -0.332. The third kappa shape index (κ3) is 5.86. The summed E-state index contributed by atoms with van der Waals surface area (Å²) in [4.78, 5) is 29.9. The van der Waals surface area contributed by atoms with Crippen LogP contribution < -0.4 is 10.6 Å². The van der Waals surface area contributed by atoms with E-state index in [1.165, 1.54) is 4.90 Å². The van der Waals surface area contributed by atoms with Gasteiger partial charge in [-0.25, -0.2) is 9.78 Å². The first-order valence-corrected chi connectivity index (χ1v) is 8.88. The SMILES string of the molecule is Cc1nc(-c2ccc(NC(=O)N(C)CC(=O)NC(C)(C)C)cc2)cs1. The Bertz CT molecular complexity index is 747. The molecular weight excluding hydrogens is 336 g/mol. The number of hydrogen-bond donors (Lipinski definition) is 2. The second kappa shape index (κ2) is 7.65. The van der Waals surface area contributed by atoms with Crippen LogP contribution in [0.4, 0.5) is 10.5 Å². The first-order chi connectivity index (χ1) is 11.6. The number of benzene rings is 1. The number of thiazole rings is 1. The number of rotatable bonds is 4. The van der Waals surface area contributed by atoms with Crippen LogP contribution in [-0.4, -0.2) is 41.0 Å². The minimum Gasteiger partial charge on any atom is -0.350 e. The highest BCUT2D eigenvalue weighted by atomic mass is 32.1. The summed E-state index contributed by atoms with van der Waals surface area (Å²) < 4.78 is 0. The maximum absolute atomic E-state index is 12.2. The van der Waals surface area contributed by atoms with Crippen LogP contribution in [0.1, 0.15) is 25.8 Å². The quantitative estimate of drug-likeness (QED) is 0.876. The fraction of sp³-hybridized carbons (Fsp3) is 0.389. The third-order valence-corrected chi connectivity index (χ3v) is 4.07. The van der Waals surface area contributed by atoms with Gasteiger partial charge < -0.3 is 15.5 Å². The van der Waals surface area contributed by atoms with E-state index in [9.17, 15) is 9.59 Å². The molecule has 0 saturated carbocycles. The molecule has 0 saturated heterocycles. The Labute approximate surface area is 152 Å². The molecule has 2 N–H and O–H groups in total. The Morgan fingerprint density at radius 1 is 1.20 bits per heavy atom. The summed E-state index contributed by atoms with van der Waals surface area (Å²) >= 11 is 1.60. The van der Waals surface area contributed by atoms with Crippen LogP contribution in [0.5, 0.6) is 0 Å². The molecule has 0 bridgehead atoms. The lowest BCUT2D eigenvalue weighted by Crippen LogP contribution is -2.47. The van der Waals surface area contributed by atoms with Gasteiger partial charge in [0.25, 0.3) is 0 Å². The van der Waals surface area contributed by atoms with Crippen LogP contribution in [0.3, 0.4) is 0 Å². The third-order valence-electron chi connectivity index (χ3n) is 3.29. The zero-order chi connectivity index (χ0) is 18.6. The highest BCUT2D eigenvalue weighted by molar-refractivity contribution is 7.09. The van der Waals surface area contributed by atoms with Gasteiger partial charge in [-0.1, -0.05) is 12.1 Å². The van der Waals surface area contributed by atoms with Crippen molar-refractivity contribution >= 4 is 29.0 Å². The minimum absolute atomic E-state index is 0.000707. The Morgan fingerprint density at radius 3 is 2.36 bits per heavy atom. The number of anilines is 1. The van der Waals surface area contributed by atoms with Crippen molar-refractivity contribution in [3.63, 3.8) is 0 Å². The van der Waals surface area contributed by atoms with Crippen LogP contribution in [0.2, 0.25) is 0 Å². The number of nitrogens with zero attached hydrogens (tertiary/aromatic N) is 2. The molecule has 0 aliphatic heterocycles. The molecule has 0 unspecified atom stereocenters. The molecule has 3 amide bonds. The maximum atomic E-state index is 12.2. The van der Waals surface area contributed by atoms with Gasteiger partial charge in [0.15, 0.2) is 0 Å². The first-order valence-electron chi connectivity index (χ1n) is 8.00. The van der Waals surface area contributed by atoms with Crippen LogP contribution in [-0.2, 0) is 4.79 Å². The number of carbonyl (C=O) groups is 2. The molecule has 1 aromatic carbocycles. The van der Waals surface area contributed by atoms with Gasteiger partial charge in [0.1, 0.15) is 6.54 Å². The number of hydrogen-bond acceptors (Lipinski definition) is 4. The molecule has 0 atom stereocenters. The normalized spacial score (nSPS) is 11.1. The zero-order valence-corrected chi connectivity index (χ0v) is 16.0. The molecule has 0 fully saturated rings. The van der Waals surface area contributed by atoms with Crippen molar-refractivity contribution in [3.8, 4) is 11.3 Å². The Balaban J connectivity index is 1.92. The molecule has 25 heavy (non-hydrogen) atoms. The Hall–Kier alpha value is -2.41. The van der Waals surface area contributed by atoms with Gasteiger partial charge in [-0.05, 0) is 39.8 Å². The number of carbonyl (C=O) groups excluding carboxylic acids is 2. The molecule has 1 heterocycles. The zero-order valence-electron chi connectivity index (χ0n) is 15.2. The van der Waals surface area contributed by atoms with Crippen molar-refractivity contribution < 1.29 is 9.59 Å². The first kappa shape index (κ1) is 18.9. The van der Waals surface area contributed by atoms with E-state index in [4.69, 9.17) is 0 Å². The molecule has 0 aliphatic carbocycles. The van der Waals surface area contributed by atoms with Gasteiger partial charge in [0.05, 0.1) is 10.7 Å². The van der Waals surface area contributed by atoms with Crippen LogP contribution in [0, 0.1) is 6.92 Å². The second-order valence-electron chi connectivity index (χ2n) is 6.91. The Morgan fingerprint density at radius 2 is 1.84 bits per heavy atom. The van der Waals surface area contributed by atoms with Crippen molar-refractivity contribution in [1.82, 2.24) is 15.2 Å². The average molecular weight is 360 g/mol. The summed E-state index contributed by atoms with van der Waals surface area (Å²) in [6.45, 7) is 7.66. The second-order valence-corrected chi connectivity index (χ2v) is 7.98. The molecule has 6 nitrogen and oxygen atoms in total. The van der Waals surface area contributed by atoms with Crippen molar-refractivity contribution in [1.29, 1.82) is 0 Å². The van der Waals surface area contributed by atoms with E-state index in [0.29, 0.717) is 5.69 Å². The van der Waals surface area contributed by atoms with Crippen LogP contribution in [0.15, 0.2) is 29.6 Å². The van der Waals surface area contributed by atoms with Crippen molar-refractivity contribution in [3.05, 3.63) is 34.7 Å². The fourth-order valence-corrected chi connectivity index (χ4v) is 2.81. The fourth-order valence-electron chi connectivity index (χ4n) is 2.18. The van der Waals surface area contributed by atoms with E-state index >= 15 is 0 Å². The summed E-state index contributed by atoms with van der Waals surface area (Å²) in [6.07, 6.45) is 0. The summed E-state index contributed by atoms with van der Waals surface area (Å²) in [5, 5.41) is 8.63. The van der Waals surface area contributed by atoms with Crippen LogP contribution >= 0.6 is 11.3 Å². The molecule has 7 heteroatoms. The summed E-state index contributed by atoms with van der Waals surface area (Å²) in [7, 11) is 1.59. The highest BCUT2D eigenvalue weighted by Gasteiger charge is 2.17. The van der Waals surface area contributed by atoms with Crippen molar-refractivity contribution in [2.45, 2.75) is 33.2 Å². The largest absolute Gasteiger partial charge is 0.350 e. The number of urea groups is 1. The molecule has 0 spiro atoms. The van der Waals surface area contributed by atoms with Gasteiger partial charge in [0, 0.05) is 29.2 Å². The molecule has 2 rings (SSSR count). The number of likely N-dealkylation sites (N-methyl/N-ethyl adjacent to an activating group) is 1. The highest BCUT2D eigenvalue weighted by Crippen LogP contribution is 2.23. The Kier molecular flexibility index (Phi) is 5.79. The number of aryl methyl sites for hydroxylation is 1. The molecule has 0 aliphatic rings. The van der Waals surface area contributed by atoms with Crippen molar-refractivity contribution in [2.24, 2.45) is 0 Å². The number of amides is 3. The molecular formula is C18H24N4O2S. The topological polar surface area (TPSA) is 74.3 Å². The van der Waals surface area contributed by atoms with Gasteiger partial charge >= 0.3 is 6.03 Å². The lowest BCUT2D eigenvalue weighted by molar-refractivity contribution is -0.122. The molecule has 134 valence electrons. The molecule has 2 aromatic rings. The predicted molar refractivity (Wildman–Crippen MR) is 102 cm³/mol. The van der Waals surface area contributed by atoms with Gasteiger partial charge in [-0.15, -0.1) is 11.3 Å². The number of nitrogens with one attached hydrogen (secondary N) is 2. The van der Waals surface area contributed by atoms with Crippen molar-refractivity contribution in [2.75, 3.05) is 18.9 Å². The summed E-state index contributed by atoms with van der Waals surface area (Å²) in [5.41, 5.74) is 2.28. The van der Waals surface area contributed by atoms with E-state index in [0.717, 1.165) is 16.3 Å². The van der Waals surface area contributed by atoms with E-state index in [2.05, 4.69) is 15.6 Å². The van der Waals surface area contributed by atoms with Gasteiger partial charge in [0.2, 0.25) is 5.91 Å². The predicted octanol–water partition coefficient (Wildman–Crippen LogP) is 3.50. The van der Waals surface area contributed by atoms with E-state index < -0.39 is 0 Å². The maximum Gasteiger partial charge on any atom is 0.322 e. The van der Waals surface area contributed by atoms with E-state index in [1.807, 2.05) is 57.3 Å². The van der Waals surface area contributed by atoms with E-state index in [-0.39, 0.29) is 24.0 Å². The summed E-state index contributed by atoms with van der Waals surface area (Å²) in [5.74, 6) is -0.195. The monoisotopic (exact) mass is 360 g/mol. The molecule has 0 radical (unpaired) electrons. The lowest BCUT2D eigenvalue weighted by atomic mass is 10.1.